The number of nitrogens with zero attached hydrogens (tertiary/aromatic N) is 2. The monoisotopic (exact) mass is 477 g/mol. The van der Waals surface area contributed by atoms with Crippen LogP contribution in [0.15, 0.2) is 54.1 Å². The number of methoxy groups -OCH3 is 1. The molecular weight excluding hydrogens is 454 g/mol. The van der Waals surface area contributed by atoms with E-state index < -0.39 is 17.8 Å². The van der Waals surface area contributed by atoms with Crippen molar-refractivity contribution in [3.05, 3.63) is 81.6 Å². The largest absolute Gasteiger partial charge is 0.495 e. The summed E-state index contributed by atoms with van der Waals surface area (Å²) in [6, 6.07) is 13.5. The Morgan fingerprint density at radius 3 is 2.38 bits per heavy atom. The number of rotatable bonds is 5. The summed E-state index contributed by atoms with van der Waals surface area (Å²) in [7, 11) is 1.58. The van der Waals surface area contributed by atoms with E-state index in [-0.39, 0.29) is 5.57 Å². The summed E-state index contributed by atoms with van der Waals surface area (Å²) in [6.45, 7) is 5.79. The molecule has 0 saturated carbocycles. The number of aromatic nitrogens is 1. The molecule has 1 aliphatic heterocycles. The number of halogens is 1. The SMILES string of the molecule is CCc1ccc(N2C(=O)NC(=O)/C(=C/c3cc(C)n(-c4cc(Cl)ccc4OC)c3C)C2=O)cc1. The number of anilines is 1. The van der Waals surface area contributed by atoms with Crippen molar-refractivity contribution in [1.82, 2.24) is 9.88 Å². The lowest BCUT2D eigenvalue weighted by molar-refractivity contribution is -0.122. The van der Waals surface area contributed by atoms with E-state index in [0.29, 0.717) is 22.0 Å². The maximum absolute atomic E-state index is 13.3. The molecule has 1 N–H and O–H groups in total. The summed E-state index contributed by atoms with van der Waals surface area (Å²) < 4.78 is 7.43. The van der Waals surface area contributed by atoms with Gasteiger partial charge in [0.15, 0.2) is 0 Å². The van der Waals surface area contributed by atoms with Gasteiger partial charge in [0.2, 0.25) is 0 Å². The second-order valence-corrected chi connectivity index (χ2v) is 8.39. The molecule has 0 unspecified atom stereocenters. The molecule has 0 aliphatic carbocycles. The molecule has 1 aromatic heterocycles. The molecule has 0 radical (unpaired) electrons. The van der Waals surface area contributed by atoms with Gasteiger partial charge in [0.1, 0.15) is 11.3 Å². The summed E-state index contributed by atoms with van der Waals surface area (Å²) in [5, 5.41) is 2.82. The van der Waals surface area contributed by atoms with E-state index >= 15 is 0 Å². The van der Waals surface area contributed by atoms with Crippen molar-refractivity contribution in [3.8, 4) is 11.4 Å². The van der Waals surface area contributed by atoms with E-state index in [9.17, 15) is 14.4 Å². The highest BCUT2D eigenvalue weighted by atomic mass is 35.5. The van der Waals surface area contributed by atoms with E-state index in [2.05, 4.69) is 5.32 Å². The minimum atomic E-state index is -0.773. The number of benzene rings is 2. The molecule has 4 rings (SSSR count). The van der Waals surface area contributed by atoms with Gasteiger partial charge >= 0.3 is 6.03 Å². The lowest BCUT2D eigenvalue weighted by Gasteiger charge is -2.26. The molecule has 34 heavy (non-hydrogen) atoms. The van der Waals surface area contributed by atoms with Crippen LogP contribution in [0.2, 0.25) is 5.02 Å². The fourth-order valence-electron chi connectivity index (χ4n) is 4.07. The summed E-state index contributed by atoms with van der Waals surface area (Å²) in [5.74, 6) is -0.783. The third kappa shape index (κ3) is 4.10. The third-order valence-electron chi connectivity index (χ3n) is 5.86. The van der Waals surface area contributed by atoms with Gasteiger partial charge in [0.05, 0.1) is 18.5 Å². The first-order valence-corrected chi connectivity index (χ1v) is 11.2. The average Bonchev–Trinajstić information content (AvgIpc) is 3.09. The number of nitrogens with one attached hydrogen (secondary N) is 1. The first-order valence-electron chi connectivity index (χ1n) is 10.8. The zero-order valence-electron chi connectivity index (χ0n) is 19.3. The van der Waals surface area contributed by atoms with Gasteiger partial charge in [-0.3, -0.25) is 14.9 Å². The predicted molar refractivity (Wildman–Crippen MR) is 132 cm³/mol. The highest BCUT2D eigenvalue weighted by Crippen LogP contribution is 2.32. The van der Waals surface area contributed by atoms with E-state index in [0.717, 1.165) is 34.0 Å². The first kappa shape index (κ1) is 23.3. The van der Waals surface area contributed by atoms with Crippen LogP contribution in [0.3, 0.4) is 0 Å². The van der Waals surface area contributed by atoms with Crippen molar-refractivity contribution in [2.75, 3.05) is 12.0 Å². The van der Waals surface area contributed by atoms with Crippen molar-refractivity contribution in [2.24, 2.45) is 0 Å². The fourth-order valence-corrected chi connectivity index (χ4v) is 4.24. The molecule has 2 aromatic carbocycles. The number of hydrogen-bond donors (Lipinski definition) is 1. The summed E-state index contributed by atoms with van der Waals surface area (Å²) in [6.07, 6.45) is 2.34. The Kier molecular flexibility index (Phi) is 6.30. The molecule has 0 atom stereocenters. The van der Waals surface area contributed by atoms with Gasteiger partial charge in [-0.15, -0.1) is 0 Å². The number of ether oxygens (including phenoxy) is 1. The zero-order chi connectivity index (χ0) is 24.6. The molecule has 174 valence electrons. The highest BCUT2D eigenvalue weighted by molar-refractivity contribution is 6.39. The minimum Gasteiger partial charge on any atom is -0.495 e. The third-order valence-corrected chi connectivity index (χ3v) is 6.09. The van der Waals surface area contributed by atoms with Crippen molar-refractivity contribution < 1.29 is 19.1 Å². The van der Waals surface area contributed by atoms with Crippen LogP contribution >= 0.6 is 11.6 Å². The number of aryl methyl sites for hydroxylation is 2. The van der Waals surface area contributed by atoms with Crippen LogP contribution in [0.4, 0.5) is 10.5 Å². The Morgan fingerprint density at radius 2 is 1.74 bits per heavy atom. The Balaban J connectivity index is 1.77. The van der Waals surface area contributed by atoms with Crippen molar-refractivity contribution >= 4 is 41.2 Å². The molecular formula is C26H24ClN3O4. The van der Waals surface area contributed by atoms with E-state index in [1.165, 1.54) is 6.08 Å². The molecule has 8 heteroatoms. The molecule has 1 saturated heterocycles. The zero-order valence-corrected chi connectivity index (χ0v) is 20.1. The van der Waals surface area contributed by atoms with Crippen molar-refractivity contribution in [2.45, 2.75) is 27.2 Å². The van der Waals surface area contributed by atoms with E-state index in [1.54, 1.807) is 37.4 Å². The number of hydrogen-bond acceptors (Lipinski definition) is 4. The lowest BCUT2D eigenvalue weighted by Crippen LogP contribution is -2.54. The number of carbonyl (C=O) groups excluding carboxylic acids is 3. The van der Waals surface area contributed by atoms with Gasteiger partial charge in [-0.25, -0.2) is 9.69 Å². The maximum Gasteiger partial charge on any atom is 0.335 e. The van der Waals surface area contributed by atoms with Crippen LogP contribution in [0, 0.1) is 13.8 Å². The Bertz CT molecular complexity index is 1340. The molecule has 1 fully saturated rings. The van der Waals surface area contributed by atoms with E-state index in [1.807, 2.05) is 43.5 Å². The molecule has 3 aromatic rings. The van der Waals surface area contributed by atoms with Gasteiger partial charge < -0.3 is 9.30 Å². The normalized spacial score (nSPS) is 15.1. The number of amides is 4. The average molecular weight is 478 g/mol. The summed E-state index contributed by atoms with van der Waals surface area (Å²) in [4.78, 5) is 39.4. The summed E-state index contributed by atoms with van der Waals surface area (Å²) >= 11 is 6.22. The van der Waals surface area contributed by atoms with Crippen LogP contribution in [0.5, 0.6) is 5.75 Å². The van der Waals surface area contributed by atoms with E-state index in [4.69, 9.17) is 16.3 Å². The number of urea groups is 1. The maximum atomic E-state index is 13.3. The molecule has 2 heterocycles. The number of imide groups is 2. The fraction of sp³-hybridized carbons (Fsp3) is 0.192. The highest BCUT2D eigenvalue weighted by Gasteiger charge is 2.37. The Hall–Kier alpha value is -3.84. The smallest absolute Gasteiger partial charge is 0.335 e. The lowest BCUT2D eigenvalue weighted by atomic mass is 10.1. The van der Waals surface area contributed by atoms with Gasteiger partial charge in [-0.1, -0.05) is 30.7 Å². The quantitative estimate of drug-likeness (QED) is 0.415. The summed E-state index contributed by atoms with van der Waals surface area (Å²) in [5.41, 5.74) is 4.38. The molecule has 1 aliphatic rings. The van der Waals surface area contributed by atoms with Crippen LogP contribution in [0.25, 0.3) is 11.8 Å². The topological polar surface area (TPSA) is 80.6 Å². The first-order chi connectivity index (χ1) is 16.2. The van der Waals surface area contributed by atoms with Crippen LogP contribution in [-0.4, -0.2) is 29.5 Å². The molecule has 4 amide bonds. The van der Waals surface area contributed by atoms with Gasteiger partial charge in [-0.05, 0) is 73.9 Å². The molecule has 7 nitrogen and oxygen atoms in total. The number of carbonyl (C=O) groups is 3. The predicted octanol–water partition coefficient (Wildman–Crippen LogP) is 4.98. The Labute approximate surface area is 202 Å². The van der Waals surface area contributed by atoms with Crippen LogP contribution in [-0.2, 0) is 16.0 Å². The van der Waals surface area contributed by atoms with Crippen molar-refractivity contribution in [3.63, 3.8) is 0 Å². The second kappa shape index (κ2) is 9.19. The van der Waals surface area contributed by atoms with Crippen LogP contribution < -0.4 is 15.0 Å². The molecule has 0 spiro atoms. The molecule has 0 bridgehead atoms. The van der Waals surface area contributed by atoms with Crippen molar-refractivity contribution in [1.29, 1.82) is 0 Å². The second-order valence-electron chi connectivity index (χ2n) is 7.96. The minimum absolute atomic E-state index is 0.127. The standard InChI is InChI=1S/C26H24ClN3O4/c1-5-17-6-9-20(10-7-17)30-25(32)21(24(31)28-26(30)33)13-18-12-15(2)29(16(18)3)22-14-19(27)8-11-23(22)34-4/h6-14H,5H2,1-4H3,(H,28,31,33)/b21-13-. The van der Waals surface area contributed by atoms with Crippen LogP contribution in [0.1, 0.15) is 29.4 Å². The van der Waals surface area contributed by atoms with Gasteiger partial charge in [0.25, 0.3) is 11.8 Å². The Morgan fingerprint density at radius 1 is 1.03 bits per heavy atom. The van der Waals surface area contributed by atoms with Gasteiger partial charge in [0, 0.05) is 16.4 Å². The number of barbiturate groups is 1. The van der Waals surface area contributed by atoms with Gasteiger partial charge in [-0.2, -0.15) is 0 Å².